The van der Waals surface area contributed by atoms with Crippen LogP contribution in [0.2, 0.25) is 0 Å². The van der Waals surface area contributed by atoms with Gasteiger partial charge in [0.15, 0.2) is 5.75 Å². The van der Waals surface area contributed by atoms with E-state index in [1.165, 1.54) is 6.07 Å². The third-order valence-electron chi connectivity index (χ3n) is 0.857. The maximum absolute atomic E-state index is 10.8. The van der Waals surface area contributed by atoms with Crippen molar-refractivity contribution >= 4 is 10.0 Å². The number of nitriles is 1. The molecule has 0 fully saturated rings. The van der Waals surface area contributed by atoms with Gasteiger partial charge in [-0.15, -0.1) is 0 Å². The van der Waals surface area contributed by atoms with Gasteiger partial charge < -0.3 is 0 Å². The lowest BCUT2D eigenvalue weighted by Crippen LogP contribution is -2.27. The van der Waals surface area contributed by atoms with E-state index in [2.05, 4.69) is 4.84 Å². The van der Waals surface area contributed by atoms with E-state index in [0.717, 1.165) is 0 Å². The van der Waals surface area contributed by atoms with Crippen molar-refractivity contribution in [1.29, 1.82) is 5.26 Å². The van der Waals surface area contributed by atoms with Crippen molar-refractivity contribution in [2.24, 2.45) is 5.92 Å². The Bertz CT molecular complexity index is 252. The summed E-state index contributed by atoms with van der Waals surface area (Å²) in [5.41, 5.74) is 0. The minimum absolute atomic E-state index is 0.245. The van der Waals surface area contributed by atoms with Crippen molar-refractivity contribution in [2.75, 3.05) is 12.4 Å². The first kappa shape index (κ1) is 11.4. The summed E-state index contributed by atoms with van der Waals surface area (Å²) in [4.78, 5) is 6.46. The molecule has 5 nitrogen and oxygen atoms in total. The van der Waals surface area contributed by atoms with Crippen molar-refractivity contribution < 1.29 is 13.3 Å². The summed E-state index contributed by atoms with van der Waals surface area (Å²) in [6.07, 6.45) is 0. The highest BCUT2D eigenvalue weighted by molar-refractivity contribution is 7.89. The molecule has 0 aromatic heterocycles. The van der Waals surface area contributed by atoms with E-state index < -0.39 is 15.8 Å². The average Bonchev–Trinajstić information content (AvgIpc) is 1.85. The molecule has 0 atom stereocenters. The Labute approximate surface area is 72.3 Å². The summed E-state index contributed by atoms with van der Waals surface area (Å²) < 4.78 is 21.5. The Morgan fingerprint density at radius 3 is 2.58 bits per heavy atom. The minimum atomic E-state index is -3.56. The molecule has 0 aliphatic carbocycles. The molecule has 0 spiro atoms. The molecular weight excluding hydrogens is 180 g/mol. The first-order chi connectivity index (χ1) is 5.48. The van der Waals surface area contributed by atoms with Crippen LogP contribution in [0.25, 0.3) is 0 Å². The Balaban J connectivity index is 3.72. The monoisotopic (exact) mass is 192 g/mol. The largest absolute Gasteiger partial charge is 0.287 e. The van der Waals surface area contributed by atoms with Gasteiger partial charge in [-0.1, -0.05) is 18.7 Å². The smallest absolute Gasteiger partial charge is 0.246 e. The molecule has 6 heteroatoms. The van der Waals surface area contributed by atoms with Crippen LogP contribution in [-0.4, -0.2) is 20.8 Å². The van der Waals surface area contributed by atoms with Crippen LogP contribution in [0.4, 0.5) is 0 Å². The van der Waals surface area contributed by atoms with Crippen LogP contribution < -0.4 is 4.89 Å². The highest BCUT2D eigenvalue weighted by Crippen LogP contribution is 1.91. The van der Waals surface area contributed by atoms with Crippen LogP contribution in [0.15, 0.2) is 0 Å². The van der Waals surface area contributed by atoms with Crippen LogP contribution in [0.3, 0.4) is 0 Å². The molecule has 0 aromatic rings. The van der Waals surface area contributed by atoms with Gasteiger partial charge in [-0.25, -0.2) is 8.42 Å². The van der Waals surface area contributed by atoms with Gasteiger partial charge in [0.05, 0.1) is 12.7 Å². The van der Waals surface area contributed by atoms with E-state index in [-0.39, 0.29) is 5.92 Å². The van der Waals surface area contributed by atoms with Crippen LogP contribution >= 0.6 is 0 Å². The molecule has 0 bridgehead atoms. The SMILES string of the molecule is CC(C)CONS(=O)(=O)CC#N. The van der Waals surface area contributed by atoms with Crippen LogP contribution in [0.5, 0.6) is 0 Å². The fraction of sp³-hybridized carbons (Fsp3) is 0.833. The van der Waals surface area contributed by atoms with E-state index in [1.54, 1.807) is 0 Å². The van der Waals surface area contributed by atoms with Gasteiger partial charge in [-0.2, -0.15) is 5.26 Å². The van der Waals surface area contributed by atoms with Gasteiger partial charge in [0.2, 0.25) is 10.0 Å². The van der Waals surface area contributed by atoms with Crippen molar-refractivity contribution in [1.82, 2.24) is 4.89 Å². The van der Waals surface area contributed by atoms with Gasteiger partial charge >= 0.3 is 0 Å². The molecule has 1 N–H and O–H groups in total. The molecule has 12 heavy (non-hydrogen) atoms. The van der Waals surface area contributed by atoms with E-state index >= 15 is 0 Å². The Kier molecular flexibility index (Phi) is 4.81. The van der Waals surface area contributed by atoms with E-state index in [4.69, 9.17) is 5.26 Å². The summed E-state index contributed by atoms with van der Waals surface area (Å²) in [5.74, 6) is -0.333. The number of hydrogen-bond donors (Lipinski definition) is 1. The third kappa shape index (κ3) is 6.09. The van der Waals surface area contributed by atoms with Gasteiger partial charge in [0, 0.05) is 0 Å². The van der Waals surface area contributed by atoms with Crippen molar-refractivity contribution in [3.05, 3.63) is 0 Å². The molecule has 0 unspecified atom stereocenters. The maximum atomic E-state index is 10.8. The molecule has 0 aromatic carbocycles. The summed E-state index contributed by atoms with van der Waals surface area (Å²) in [6, 6.07) is 1.52. The number of nitrogens with one attached hydrogen (secondary N) is 1. The van der Waals surface area contributed by atoms with Crippen molar-refractivity contribution in [3.8, 4) is 6.07 Å². The van der Waals surface area contributed by atoms with Crippen LogP contribution in [0.1, 0.15) is 13.8 Å². The fourth-order valence-electron chi connectivity index (χ4n) is 0.405. The molecule has 0 aliphatic rings. The minimum Gasteiger partial charge on any atom is -0.287 e. The predicted octanol–water partition coefficient (Wildman–Crippen LogP) is 0.0170. The lowest BCUT2D eigenvalue weighted by atomic mass is 10.2. The predicted molar refractivity (Wildman–Crippen MR) is 43.3 cm³/mol. The van der Waals surface area contributed by atoms with E-state index in [1.807, 2.05) is 18.7 Å². The second-order valence-electron chi connectivity index (χ2n) is 2.71. The van der Waals surface area contributed by atoms with Crippen LogP contribution in [0, 0.1) is 17.2 Å². The molecule has 0 heterocycles. The highest BCUT2D eigenvalue weighted by atomic mass is 32.2. The Morgan fingerprint density at radius 1 is 1.58 bits per heavy atom. The van der Waals surface area contributed by atoms with Crippen molar-refractivity contribution in [3.63, 3.8) is 0 Å². The summed E-state index contributed by atoms with van der Waals surface area (Å²) >= 11 is 0. The maximum Gasteiger partial charge on any atom is 0.246 e. The lowest BCUT2D eigenvalue weighted by molar-refractivity contribution is 0.0721. The number of hydrogen-bond acceptors (Lipinski definition) is 4. The third-order valence-corrected chi connectivity index (χ3v) is 1.74. The fourth-order valence-corrected chi connectivity index (χ4v) is 0.881. The molecule has 70 valence electrons. The number of sulfonamides is 1. The lowest BCUT2D eigenvalue weighted by Gasteiger charge is -2.05. The number of rotatable bonds is 5. The zero-order chi connectivity index (χ0) is 9.61. The summed E-state index contributed by atoms with van der Waals surface area (Å²) in [5, 5.41) is 8.09. The zero-order valence-corrected chi connectivity index (χ0v) is 7.89. The number of nitrogens with zero attached hydrogens (tertiary/aromatic N) is 1. The molecule has 0 radical (unpaired) electrons. The topological polar surface area (TPSA) is 79.2 Å². The molecule has 0 rings (SSSR count). The first-order valence-electron chi connectivity index (χ1n) is 3.46. The Hall–Kier alpha value is -0.640. The molecule has 0 saturated heterocycles. The molecular formula is C6H12N2O3S. The molecule has 0 amide bonds. The normalized spacial score (nSPS) is 11.5. The summed E-state index contributed by atoms with van der Waals surface area (Å²) in [6.45, 7) is 4.07. The quantitative estimate of drug-likeness (QED) is 0.623. The second-order valence-corrected chi connectivity index (χ2v) is 4.39. The van der Waals surface area contributed by atoms with Gasteiger partial charge in [0.25, 0.3) is 0 Å². The average molecular weight is 192 g/mol. The van der Waals surface area contributed by atoms with Gasteiger partial charge in [-0.05, 0) is 5.92 Å². The molecule has 0 saturated carbocycles. The van der Waals surface area contributed by atoms with Crippen LogP contribution in [-0.2, 0) is 14.9 Å². The van der Waals surface area contributed by atoms with Gasteiger partial charge in [0.1, 0.15) is 0 Å². The molecule has 0 aliphatic heterocycles. The zero-order valence-electron chi connectivity index (χ0n) is 7.07. The van der Waals surface area contributed by atoms with Crippen molar-refractivity contribution in [2.45, 2.75) is 13.8 Å². The second kappa shape index (κ2) is 5.09. The van der Waals surface area contributed by atoms with E-state index in [0.29, 0.717) is 6.61 Å². The summed E-state index contributed by atoms with van der Waals surface area (Å²) in [7, 11) is -3.56. The van der Waals surface area contributed by atoms with Gasteiger partial charge in [-0.3, -0.25) is 4.84 Å². The highest BCUT2D eigenvalue weighted by Gasteiger charge is 2.08. The van der Waals surface area contributed by atoms with E-state index in [9.17, 15) is 8.42 Å². The Morgan fingerprint density at radius 2 is 2.17 bits per heavy atom. The standard InChI is InChI=1S/C6H12N2O3S/c1-6(2)5-11-8-12(9,10)4-3-7/h6,8H,4-5H2,1-2H3. The first-order valence-corrected chi connectivity index (χ1v) is 5.11.